The number of amides is 1. The maximum Gasteiger partial charge on any atom is 0.267 e. The van der Waals surface area contributed by atoms with E-state index in [4.69, 9.17) is 0 Å². The Morgan fingerprint density at radius 3 is 2.75 bits per heavy atom. The lowest BCUT2D eigenvalue weighted by molar-refractivity contribution is -0.120. The third-order valence-electron chi connectivity index (χ3n) is 2.78. The van der Waals surface area contributed by atoms with Gasteiger partial charge in [-0.25, -0.2) is 17.7 Å². The number of nitrogens with zero attached hydrogens (tertiary/aromatic N) is 2. The van der Waals surface area contributed by atoms with Gasteiger partial charge in [-0.15, -0.1) is 0 Å². The minimum absolute atomic E-state index is 0.124. The van der Waals surface area contributed by atoms with E-state index in [9.17, 15) is 13.2 Å². The van der Waals surface area contributed by atoms with Crippen LogP contribution in [0.5, 0.6) is 0 Å². The molecular weight excluding hydrogens is 278 g/mol. The van der Waals surface area contributed by atoms with Crippen LogP contribution in [0.1, 0.15) is 13.8 Å². The molecule has 0 atom stereocenters. The summed E-state index contributed by atoms with van der Waals surface area (Å²) in [6.07, 6.45) is 1.19. The molecule has 1 aliphatic heterocycles. The maximum atomic E-state index is 12.3. The number of aliphatic imine (C=N–C) groups is 1. The van der Waals surface area contributed by atoms with Gasteiger partial charge >= 0.3 is 0 Å². The number of hydrogen-bond acceptors (Lipinski definition) is 4. The average molecular weight is 295 g/mol. The number of carbonyl (C=O) groups excluding carboxylic acids is 1. The van der Waals surface area contributed by atoms with Crippen molar-refractivity contribution in [3.63, 3.8) is 0 Å². The van der Waals surface area contributed by atoms with Crippen LogP contribution in [0, 0.1) is 5.92 Å². The summed E-state index contributed by atoms with van der Waals surface area (Å²) in [6, 6.07) is 6.46. The van der Waals surface area contributed by atoms with E-state index in [1.54, 1.807) is 18.2 Å². The van der Waals surface area contributed by atoms with Crippen molar-refractivity contribution in [2.24, 2.45) is 10.9 Å². The summed E-state index contributed by atoms with van der Waals surface area (Å²) in [7, 11) is -3.69. The first kappa shape index (κ1) is 14.5. The monoisotopic (exact) mass is 295 g/mol. The predicted octanol–water partition coefficient (Wildman–Crippen LogP) is 1.12. The van der Waals surface area contributed by atoms with Gasteiger partial charge in [0.1, 0.15) is 17.8 Å². The molecule has 2 rings (SSSR count). The molecule has 1 heterocycles. The third kappa shape index (κ3) is 2.98. The molecule has 1 aromatic rings. The first-order chi connectivity index (χ1) is 9.41. The maximum absolute atomic E-state index is 12.3. The Balaban J connectivity index is 2.14. The first-order valence-corrected chi connectivity index (χ1v) is 7.77. The lowest BCUT2D eigenvalue weighted by Crippen LogP contribution is -2.41. The lowest BCUT2D eigenvalue weighted by atomic mass is 10.2. The first-order valence-electron chi connectivity index (χ1n) is 6.33. The minimum Gasteiger partial charge on any atom is -0.354 e. The molecule has 0 spiro atoms. The summed E-state index contributed by atoms with van der Waals surface area (Å²) in [5, 5.41) is 2.68. The van der Waals surface area contributed by atoms with Crippen molar-refractivity contribution in [1.29, 1.82) is 0 Å². The van der Waals surface area contributed by atoms with Gasteiger partial charge in [0.25, 0.3) is 10.0 Å². The molecule has 0 aromatic heterocycles. The molecule has 0 saturated carbocycles. The molecule has 1 aliphatic rings. The SMILES string of the molecule is CC(C)CNC(=O)CN1C=Nc2ccccc2S1(=O)=O. The highest BCUT2D eigenvalue weighted by molar-refractivity contribution is 7.89. The zero-order chi connectivity index (χ0) is 14.8. The van der Waals surface area contributed by atoms with Gasteiger partial charge in [-0.05, 0) is 18.1 Å². The van der Waals surface area contributed by atoms with Gasteiger partial charge in [0.05, 0.1) is 5.69 Å². The van der Waals surface area contributed by atoms with Crippen LogP contribution in [0.4, 0.5) is 5.69 Å². The Hall–Kier alpha value is -1.89. The summed E-state index contributed by atoms with van der Waals surface area (Å²) in [5.41, 5.74) is 0.395. The second-order valence-electron chi connectivity index (χ2n) is 4.96. The van der Waals surface area contributed by atoms with Crippen molar-refractivity contribution in [2.45, 2.75) is 18.7 Å². The Morgan fingerprint density at radius 1 is 1.35 bits per heavy atom. The normalized spacial score (nSPS) is 16.1. The van der Waals surface area contributed by atoms with Gasteiger partial charge in [0, 0.05) is 6.54 Å². The molecule has 0 aliphatic carbocycles. The van der Waals surface area contributed by atoms with Gasteiger partial charge < -0.3 is 5.32 Å². The van der Waals surface area contributed by atoms with Gasteiger partial charge in [-0.1, -0.05) is 26.0 Å². The van der Waals surface area contributed by atoms with Gasteiger partial charge in [0.2, 0.25) is 5.91 Å². The van der Waals surface area contributed by atoms with Crippen LogP contribution in [0.3, 0.4) is 0 Å². The Kier molecular flexibility index (Phi) is 4.08. The number of nitrogens with one attached hydrogen (secondary N) is 1. The molecule has 0 bridgehead atoms. The Bertz CT molecular complexity index is 638. The van der Waals surface area contributed by atoms with E-state index in [2.05, 4.69) is 10.3 Å². The summed E-state index contributed by atoms with van der Waals surface area (Å²) in [6.45, 7) is 4.19. The molecule has 7 heteroatoms. The molecule has 108 valence electrons. The second-order valence-corrected chi connectivity index (χ2v) is 6.82. The molecule has 0 saturated heterocycles. The Morgan fingerprint density at radius 2 is 2.05 bits per heavy atom. The fraction of sp³-hybridized carbons (Fsp3) is 0.385. The smallest absolute Gasteiger partial charge is 0.267 e. The molecule has 0 unspecified atom stereocenters. The van der Waals surface area contributed by atoms with Crippen LogP contribution in [-0.4, -0.2) is 38.1 Å². The number of sulfonamides is 1. The molecule has 0 radical (unpaired) electrons. The zero-order valence-electron chi connectivity index (χ0n) is 11.4. The van der Waals surface area contributed by atoms with E-state index in [0.717, 1.165) is 4.31 Å². The summed E-state index contributed by atoms with van der Waals surface area (Å²) in [5.74, 6) is -0.0283. The number of fused-ring (bicyclic) bond motifs is 1. The molecule has 1 aromatic carbocycles. The topological polar surface area (TPSA) is 78.8 Å². The fourth-order valence-electron chi connectivity index (χ4n) is 1.74. The summed E-state index contributed by atoms with van der Waals surface area (Å²) >= 11 is 0. The van der Waals surface area contributed by atoms with Gasteiger partial charge in [0.15, 0.2) is 0 Å². The van der Waals surface area contributed by atoms with Crippen LogP contribution in [0.2, 0.25) is 0 Å². The standard InChI is InChI=1S/C13H17N3O3S/c1-10(2)7-14-13(17)8-16-9-15-11-5-3-4-6-12(11)20(16,18)19/h3-6,9-10H,7-8H2,1-2H3,(H,14,17). The van der Waals surface area contributed by atoms with Crippen LogP contribution < -0.4 is 5.32 Å². The molecular formula is C13H17N3O3S. The average Bonchev–Trinajstić information content (AvgIpc) is 2.40. The van der Waals surface area contributed by atoms with Gasteiger partial charge in [-0.3, -0.25) is 4.79 Å². The highest BCUT2D eigenvalue weighted by Crippen LogP contribution is 2.29. The number of para-hydroxylation sites is 1. The predicted molar refractivity (Wildman–Crippen MR) is 76.3 cm³/mol. The molecule has 0 fully saturated rings. The largest absolute Gasteiger partial charge is 0.354 e. The van der Waals surface area contributed by atoms with E-state index in [-0.39, 0.29) is 17.3 Å². The molecule has 20 heavy (non-hydrogen) atoms. The molecule has 6 nitrogen and oxygen atoms in total. The van der Waals surface area contributed by atoms with Crippen LogP contribution >= 0.6 is 0 Å². The molecule has 1 N–H and O–H groups in total. The zero-order valence-corrected chi connectivity index (χ0v) is 12.2. The lowest BCUT2D eigenvalue weighted by Gasteiger charge is -2.23. The highest BCUT2D eigenvalue weighted by atomic mass is 32.2. The van der Waals surface area contributed by atoms with Crippen molar-refractivity contribution in [1.82, 2.24) is 9.62 Å². The van der Waals surface area contributed by atoms with Gasteiger partial charge in [-0.2, -0.15) is 0 Å². The van der Waals surface area contributed by atoms with E-state index in [0.29, 0.717) is 18.2 Å². The minimum atomic E-state index is -3.69. The summed E-state index contributed by atoms with van der Waals surface area (Å²) in [4.78, 5) is 15.9. The molecule has 1 amide bonds. The quantitative estimate of drug-likeness (QED) is 0.904. The van der Waals surface area contributed by atoms with Crippen molar-refractivity contribution in [2.75, 3.05) is 13.1 Å². The number of rotatable bonds is 4. The number of hydrogen-bond donors (Lipinski definition) is 1. The number of benzene rings is 1. The van der Waals surface area contributed by atoms with E-state index < -0.39 is 10.0 Å². The van der Waals surface area contributed by atoms with Crippen LogP contribution in [0.15, 0.2) is 34.2 Å². The second kappa shape index (κ2) is 5.62. The van der Waals surface area contributed by atoms with Crippen LogP contribution in [-0.2, 0) is 14.8 Å². The van der Waals surface area contributed by atoms with E-state index in [1.165, 1.54) is 12.4 Å². The summed E-state index contributed by atoms with van der Waals surface area (Å²) < 4.78 is 25.6. The Labute approximate surface area is 118 Å². The number of carbonyl (C=O) groups is 1. The van der Waals surface area contributed by atoms with Crippen molar-refractivity contribution in [3.05, 3.63) is 24.3 Å². The van der Waals surface area contributed by atoms with Crippen LogP contribution in [0.25, 0.3) is 0 Å². The van der Waals surface area contributed by atoms with Crippen molar-refractivity contribution < 1.29 is 13.2 Å². The third-order valence-corrected chi connectivity index (χ3v) is 4.53. The van der Waals surface area contributed by atoms with Crippen molar-refractivity contribution in [3.8, 4) is 0 Å². The fourth-order valence-corrected chi connectivity index (χ4v) is 3.08. The van der Waals surface area contributed by atoms with Crippen molar-refractivity contribution >= 4 is 28.0 Å². The highest BCUT2D eigenvalue weighted by Gasteiger charge is 2.29. The van der Waals surface area contributed by atoms with E-state index in [1.807, 2.05) is 13.8 Å². The van der Waals surface area contributed by atoms with E-state index >= 15 is 0 Å².